The van der Waals surface area contributed by atoms with E-state index in [9.17, 15) is 4.79 Å². The summed E-state index contributed by atoms with van der Waals surface area (Å²) < 4.78 is 19.0. The first-order valence-electron chi connectivity index (χ1n) is 11.7. The van der Waals surface area contributed by atoms with Gasteiger partial charge in [0.15, 0.2) is 11.5 Å². The molecule has 196 valence electrons. The van der Waals surface area contributed by atoms with Crippen LogP contribution in [0.1, 0.15) is 44.9 Å². The standard InChI is InChI=1S/C26H28Cl2N4O4S/c1-6-37-26-30-25-29-15(4)22(24(33)36-14(2)3)23(32(25)31-26)16-10-11-20(21(12-16)34-5)35-13-17-18(27)8-7-9-19(17)28/h7-12,14,23H,6,13H2,1-5H3,(H,29,30,31). The zero-order chi connectivity index (χ0) is 26.7. The Kier molecular flexibility index (Phi) is 8.56. The van der Waals surface area contributed by atoms with Crippen molar-refractivity contribution >= 4 is 46.9 Å². The summed E-state index contributed by atoms with van der Waals surface area (Å²) in [6.45, 7) is 7.66. The zero-order valence-electron chi connectivity index (χ0n) is 21.2. The van der Waals surface area contributed by atoms with Crippen LogP contribution in [-0.2, 0) is 16.1 Å². The molecular formula is C26H28Cl2N4O4S. The Morgan fingerprint density at radius 2 is 1.92 bits per heavy atom. The van der Waals surface area contributed by atoms with Crippen LogP contribution in [0.15, 0.2) is 52.8 Å². The Labute approximate surface area is 230 Å². The highest BCUT2D eigenvalue weighted by Crippen LogP contribution is 2.40. The van der Waals surface area contributed by atoms with Crippen LogP contribution in [0.25, 0.3) is 0 Å². The molecule has 3 aromatic rings. The Morgan fingerprint density at radius 1 is 1.19 bits per heavy atom. The normalized spacial score (nSPS) is 14.9. The summed E-state index contributed by atoms with van der Waals surface area (Å²) in [5.74, 6) is 1.93. The molecule has 1 aromatic heterocycles. The molecular weight excluding hydrogens is 535 g/mol. The van der Waals surface area contributed by atoms with E-state index in [2.05, 4.69) is 15.4 Å². The maximum absolute atomic E-state index is 13.2. The highest BCUT2D eigenvalue weighted by Gasteiger charge is 2.36. The molecule has 0 bridgehead atoms. The van der Waals surface area contributed by atoms with Crippen molar-refractivity contribution in [2.75, 3.05) is 18.2 Å². The fourth-order valence-electron chi connectivity index (χ4n) is 3.97. The van der Waals surface area contributed by atoms with E-state index in [0.717, 1.165) is 11.3 Å². The van der Waals surface area contributed by atoms with Crippen LogP contribution in [0.2, 0.25) is 10.0 Å². The molecule has 4 rings (SSSR count). The average Bonchev–Trinajstić information content (AvgIpc) is 3.24. The Hall–Kier alpha value is -2.88. The lowest BCUT2D eigenvalue weighted by molar-refractivity contribution is -0.143. The Balaban J connectivity index is 1.73. The summed E-state index contributed by atoms with van der Waals surface area (Å²) >= 11 is 14.1. The first-order chi connectivity index (χ1) is 17.7. The maximum atomic E-state index is 13.2. The smallest absolute Gasteiger partial charge is 0.338 e. The molecule has 37 heavy (non-hydrogen) atoms. The number of allylic oxidation sites excluding steroid dienone is 1. The van der Waals surface area contributed by atoms with Crippen molar-refractivity contribution in [3.05, 3.63) is 68.8 Å². The number of fused-ring (bicyclic) bond motifs is 1. The molecule has 0 saturated heterocycles. The second kappa shape index (κ2) is 11.7. The Bertz CT molecular complexity index is 1320. The van der Waals surface area contributed by atoms with Crippen molar-refractivity contribution in [1.82, 2.24) is 14.8 Å². The van der Waals surface area contributed by atoms with E-state index in [4.69, 9.17) is 37.4 Å². The minimum atomic E-state index is -0.581. The van der Waals surface area contributed by atoms with Crippen molar-refractivity contribution < 1.29 is 19.0 Å². The predicted octanol–water partition coefficient (Wildman–Crippen LogP) is 6.53. The summed E-state index contributed by atoms with van der Waals surface area (Å²) in [7, 11) is 1.56. The van der Waals surface area contributed by atoms with Gasteiger partial charge in [0.2, 0.25) is 11.1 Å². The third-order valence-corrected chi connectivity index (χ3v) is 7.03. The largest absolute Gasteiger partial charge is 0.493 e. The maximum Gasteiger partial charge on any atom is 0.338 e. The quantitative estimate of drug-likeness (QED) is 0.233. The highest BCUT2D eigenvalue weighted by atomic mass is 35.5. The number of esters is 1. The molecule has 1 aliphatic heterocycles. The van der Waals surface area contributed by atoms with E-state index in [1.807, 2.05) is 39.8 Å². The number of carbonyl (C=O) groups excluding carboxylic acids is 1. The van der Waals surface area contributed by atoms with E-state index in [1.54, 1.807) is 36.1 Å². The molecule has 1 unspecified atom stereocenters. The molecule has 11 heteroatoms. The lowest BCUT2D eigenvalue weighted by Crippen LogP contribution is -2.30. The molecule has 1 N–H and O–H groups in total. The number of hydrogen-bond acceptors (Lipinski definition) is 8. The van der Waals surface area contributed by atoms with Gasteiger partial charge in [0, 0.05) is 21.3 Å². The van der Waals surface area contributed by atoms with Crippen molar-refractivity contribution in [2.45, 2.75) is 51.6 Å². The second-order valence-electron chi connectivity index (χ2n) is 8.52. The topological polar surface area (TPSA) is 87.5 Å². The number of thioether (sulfide) groups is 1. The number of aromatic nitrogens is 3. The number of benzene rings is 2. The molecule has 2 heterocycles. The third kappa shape index (κ3) is 5.84. The van der Waals surface area contributed by atoms with E-state index in [1.165, 1.54) is 11.8 Å². The molecule has 0 fully saturated rings. The summed E-state index contributed by atoms with van der Waals surface area (Å²) in [4.78, 5) is 17.8. The van der Waals surface area contributed by atoms with Gasteiger partial charge in [-0.25, -0.2) is 9.48 Å². The van der Waals surface area contributed by atoms with Gasteiger partial charge in [-0.15, -0.1) is 5.10 Å². The lowest BCUT2D eigenvalue weighted by Gasteiger charge is -2.29. The van der Waals surface area contributed by atoms with Crippen LogP contribution in [0.5, 0.6) is 11.5 Å². The van der Waals surface area contributed by atoms with Gasteiger partial charge in [-0.1, -0.05) is 54.0 Å². The van der Waals surface area contributed by atoms with E-state index in [0.29, 0.717) is 49.5 Å². The van der Waals surface area contributed by atoms with Gasteiger partial charge in [-0.05, 0) is 56.4 Å². The van der Waals surface area contributed by atoms with Gasteiger partial charge in [-0.2, -0.15) is 4.98 Å². The first-order valence-corrected chi connectivity index (χ1v) is 13.5. The van der Waals surface area contributed by atoms with Crippen LogP contribution in [0.4, 0.5) is 5.95 Å². The van der Waals surface area contributed by atoms with Crippen LogP contribution < -0.4 is 14.8 Å². The number of anilines is 1. The van der Waals surface area contributed by atoms with E-state index in [-0.39, 0.29) is 12.7 Å². The number of nitrogens with one attached hydrogen (secondary N) is 1. The van der Waals surface area contributed by atoms with Gasteiger partial charge in [-0.3, -0.25) is 0 Å². The van der Waals surface area contributed by atoms with Crippen molar-refractivity contribution in [1.29, 1.82) is 0 Å². The van der Waals surface area contributed by atoms with Crippen molar-refractivity contribution in [3.8, 4) is 11.5 Å². The molecule has 2 aromatic carbocycles. The number of halogens is 2. The molecule has 1 atom stereocenters. The molecule has 8 nitrogen and oxygen atoms in total. The molecule has 0 radical (unpaired) electrons. The van der Waals surface area contributed by atoms with Crippen LogP contribution in [0, 0.1) is 0 Å². The van der Waals surface area contributed by atoms with Gasteiger partial charge in [0.1, 0.15) is 12.6 Å². The third-order valence-electron chi connectivity index (χ3n) is 5.61. The van der Waals surface area contributed by atoms with Gasteiger partial charge in [0.25, 0.3) is 0 Å². The number of methoxy groups -OCH3 is 1. The van der Waals surface area contributed by atoms with Gasteiger partial charge >= 0.3 is 5.97 Å². The Morgan fingerprint density at radius 3 is 2.57 bits per heavy atom. The highest BCUT2D eigenvalue weighted by molar-refractivity contribution is 7.99. The second-order valence-corrected chi connectivity index (χ2v) is 10.6. The summed E-state index contributed by atoms with van der Waals surface area (Å²) in [5.41, 5.74) is 2.53. The number of hydrogen-bond donors (Lipinski definition) is 1. The molecule has 1 aliphatic rings. The summed E-state index contributed by atoms with van der Waals surface area (Å²) in [6.07, 6.45) is -0.279. The SMILES string of the molecule is CCSc1nc2n(n1)C(c1ccc(OCc3c(Cl)cccc3Cl)c(OC)c1)C(C(=O)OC(C)C)=C(C)N2. The minimum Gasteiger partial charge on any atom is -0.493 e. The summed E-state index contributed by atoms with van der Waals surface area (Å²) in [6, 6.07) is 10.2. The van der Waals surface area contributed by atoms with E-state index < -0.39 is 12.0 Å². The number of carbonyl (C=O) groups is 1. The van der Waals surface area contributed by atoms with E-state index >= 15 is 0 Å². The van der Waals surface area contributed by atoms with Crippen molar-refractivity contribution in [3.63, 3.8) is 0 Å². The van der Waals surface area contributed by atoms with Crippen molar-refractivity contribution in [2.24, 2.45) is 0 Å². The van der Waals surface area contributed by atoms with Gasteiger partial charge < -0.3 is 19.5 Å². The zero-order valence-corrected chi connectivity index (χ0v) is 23.5. The predicted molar refractivity (Wildman–Crippen MR) is 146 cm³/mol. The van der Waals surface area contributed by atoms with Gasteiger partial charge in [0.05, 0.1) is 18.8 Å². The number of nitrogens with zero attached hydrogens (tertiary/aromatic N) is 3. The fourth-order valence-corrected chi connectivity index (χ4v) is 5.03. The molecule has 0 aliphatic carbocycles. The molecule has 0 amide bonds. The van der Waals surface area contributed by atoms with Crippen LogP contribution >= 0.6 is 35.0 Å². The van der Waals surface area contributed by atoms with Crippen LogP contribution in [-0.4, -0.2) is 39.7 Å². The average molecular weight is 564 g/mol. The lowest BCUT2D eigenvalue weighted by atomic mass is 9.95. The first kappa shape index (κ1) is 27.2. The fraction of sp³-hybridized carbons (Fsp3) is 0.346. The molecule has 0 spiro atoms. The molecule has 0 saturated carbocycles. The minimum absolute atomic E-state index is 0.164. The number of ether oxygens (including phenoxy) is 3. The monoisotopic (exact) mass is 562 g/mol. The van der Waals surface area contributed by atoms with Crippen LogP contribution in [0.3, 0.4) is 0 Å². The number of rotatable bonds is 9. The summed E-state index contributed by atoms with van der Waals surface area (Å²) in [5, 5.41) is 9.54.